The largest absolute Gasteiger partial charge is 0.502 e. The summed E-state index contributed by atoms with van der Waals surface area (Å²) in [5.41, 5.74) is -2.11. The van der Waals surface area contributed by atoms with Crippen LogP contribution in [-0.2, 0) is 6.54 Å². The van der Waals surface area contributed by atoms with E-state index >= 15 is 0 Å². The molecule has 0 bridgehead atoms. The third kappa shape index (κ3) is 2.68. The molecular weight excluding hydrogens is 422 g/mol. The number of aromatic nitrogens is 1. The maximum Gasteiger partial charge on any atom is 0.278 e. The summed E-state index contributed by atoms with van der Waals surface area (Å²) < 4.78 is 28.3. The van der Waals surface area contributed by atoms with Crippen LogP contribution in [0, 0.1) is 23.5 Å². The van der Waals surface area contributed by atoms with E-state index in [0.29, 0.717) is 12.0 Å². The second kappa shape index (κ2) is 6.78. The van der Waals surface area contributed by atoms with Gasteiger partial charge < -0.3 is 15.3 Å². The van der Waals surface area contributed by atoms with Gasteiger partial charge in [0.05, 0.1) is 0 Å². The van der Waals surface area contributed by atoms with E-state index in [1.807, 2.05) is 5.01 Å². The summed E-state index contributed by atoms with van der Waals surface area (Å²) in [6.45, 7) is -0.280. The van der Waals surface area contributed by atoms with Crippen LogP contribution in [0.2, 0.25) is 0 Å². The molecule has 1 aliphatic heterocycles. The molecule has 2 amide bonds. The van der Waals surface area contributed by atoms with Gasteiger partial charge in [-0.25, -0.2) is 8.78 Å². The number of aromatic hydroxyl groups is 1. The number of nitrogens with one attached hydrogen (secondary N) is 1. The fourth-order valence-electron chi connectivity index (χ4n) is 5.40. The van der Waals surface area contributed by atoms with Crippen LogP contribution in [0.3, 0.4) is 0 Å². The van der Waals surface area contributed by atoms with Crippen molar-refractivity contribution in [3.63, 3.8) is 0 Å². The molecule has 3 aliphatic rings. The Bertz CT molecular complexity index is 1230. The Morgan fingerprint density at radius 1 is 1.28 bits per heavy atom. The smallest absolute Gasteiger partial charge is 0.278 e. The number of fused-ring (bicyclic) bond motifs is 3. The monoisotopic (exact) mass is 444 g/mol. The number of hydrogen-bond donors (Lipinski definition) is 2. The minimum Gasteiger partial charge on any atom is -0.502 e. The van der Waals surface area contributed by atoms with Crippen molar-refractivity contribution < 1.29 is 23.5 Å². The van der Waals surface area contributed by atoms with Crippen molar-refractivity contribution in [2.24, 2.45) is 11.8 Å². The molecule has 1 unspecified atom stereocenters. The molecule has 168 valence electrons. The lowest BCUT2D eigenvalue weighted by Crippen LogP contribution is -2.68. The van der Waals surface area contributed by atoms with Crippen LogP contribution in [0.4, 0.5) is 8.78 Å². The standard InChI is InChI=1S/C22H22F2N4O4/c1-26-21(32)17-19(30)18(29)14(20(31)25-9-12-3-4-13(23)8-16(12)24)10-28(17)27(2)22(26)6-5-11-7-15(11)22/h3-4,8,10-11,15,30H,5-7,9H2,1-2H3,(H,25,31)/t11-,15?,22-/m1/s1. The van der Waals surface area contributed by atoms with Crippen LogP contribution in [0.5, 0.6) is 5.75 Å². The lowest BCUT2D eigenvalue weighted by atomic mass is 9.98. The number of nitrogens with zero attached hydrogens (tertiary/aromatic N) is 3. The summed E-state index contributed by atoms with van der Waals surface area (Å²) in [6.07, 6.45) is 3.97. The SMILES string of the molecule is CN1C(=O)c2c(O)c(=O)c(C(=O)NCc3ccc(F)cc3F)cn2N(C)[C@@]12CC[C@@H]1CC12. The predicted molar refractivity (Wildman–Crippen MR) is 110 cm³/mol. The fraction of sp³-hybridized carbons (Fsp3) is 0.409. The highest BCUT2D eigenvalue weighted by Crippen LogP contribution is 2.61. The summed E-state index contributed by atoms with van der Waals surface area (Å²) >= 11 is 0. The van der Waals surface area contributed by atoms with Crippen molar-refractivity contribution in [1.82, 2.24) is 14.9 Å². The molecule has 2 N–H and O–H groups in total. The van der Waals surface area contributed by atoms with Gasteiger partial charge in [-0.1, -0.05) is 6.07 Å². The molecule has 2 fully saturated rings. The topological polar surface area (TPSA) is 94.9 Å². The highest BCUT2D eigenvalue weighted by Gasteiger charge is 2.65. The molecule has 3 atom stereocenters. The van der Waals surface area contributed by atoms with Crippen molar-refractivity contribution >= 4 is 11.8 Å². The van der Waals surface area contributed by atoms with Gasteiger partial charge in [0.25, 0.3) is 11.8 Å². The van der Waals surface area contributed by atoms with Crippen molar-refractivity contribution in [2.75, 3.05) is 19.1 Å². The van der Waals surface area contributed by atoms with E-state index in [-0.39, 0.29) is 29.3 Å². The average molecular weight is 444 g/mol. The normalized spacial score (nSPS) is 25.7. The lowest BCUT2D eigenvalue weighted by Gasteiger charge is -2.52. The molecule has 0 radical (unpaired) electrons. The van der Waals surface area contributed by atoms with E-state index in [0.717, 1.165) is 25.3 Å². The van der Waals surface area contributed by atoms with Crippen LogP contribution in [0.15, 0.2) is 29.2 Å². The summed E-state index contributed by atoms with van der Waals surface area (Å²) in [7, 11) is 3.44. The maximum atomic E-state index is 13.9. The Labute approximate surface area is 182 Å². The van der Waals surface area contributed by atoms with Crippen molar-refractivity contribution in [2.45, 2.75) is 31.5 Å². The number of rotatable bonds is 3. The first-order valence-electron chi connectivity index (χ1n) is 10.4. The van der Waals surface area contributed by atoms with Gasteiger partial charge >= 0.3 is 0 Å². The number of amides is 2. The minimum absolute atomic E-state index is 0.0423. The van der Waals surface area contributed by atoms with Gasteiger partial charge in [-0.3, -0.25) is 24.1 Å². The Hall–Kier alpha value is -3.43. The highest BCUT2D eigenvalue weighted by molar-refractivity contribution is 5.99. The van der Waals surface area contributed by atoms with Crippen molar-refractivity contribution in [1.29, 1.82) is 0 Å². The van der Waals surface area contributed by atoms with Crippen LogP contribution in [0.1, 0.15) is 45.7 Å². The van der Waals surface area contributed by atoms with E-state index < -0.39 is 40.3 Å². The first kappa shape index (κ1) is 20.5. The zero-order chi connectivity index (χ0) is 22.9. The zero-order valence-electron chi connectivity index (χ0n) is 17.6. The highest BCUT2D eigenvalue weighted by atomic mass is 19.1. The third-order valence-electron chi connectivity index (χ3n) is 7.23. The molecule has 32 heavy (non-hydrogen) atoms. The number of carbonyl (C=O) groups excluding carboxylic acids is 2. The summed E-state index contributed by atoms with van der Waals surface area (Å²) in [4.78, 5) is 40.2. The third-order valence-corrected chi connectivity index (χ3v) is 7.23. The number of benzene rings is 1. The van der Waals surface area contributed by atoms with Gasteiger partial charge in [0.1, 0.15) is 22.9 Å². The minimum atomic E-state index is -0.991. The van der Waals surface area contributed by atoms with Crippen molar-refractivity contribution in [3.05, 3.63) is 63.1 Å². The fourth-order valence-corrected chi connectivity index (χ4v) is 5.40. The zero-order valence-corrected chi connectivity index (χ0v) is 17.6. The van der Waals surface area contributed by atoms with Gasteiger partial charge in [-0.15, -0.1) is 0 Å². The molecule has 2 aromatic rings. The molecule has 1 spiro atoms. The molecule has 2 aliphatic carbocycles. The van der Waals surface area contributed by atoms with E-state index in [1.54, 1.807) is 19.0 Å². The van der Waals surface area contributed by atoms with Gasteiger partial charge in [0, 0.05) is 44.4 Å². The number of halogens is 2. The number of pyridine rings is 1. The van der Waals surface area contributed by atoms with Crippen LogP contribution < -0.4 is 15.8 Å². The summed E-state index contributed by atoms with van der Waals surface area (Å²) in [5.74, 6) is -2.88. The molecule has 10 heteroatoms. The quantitative estimate of drug-likeness (QED) is 0.749. The molecule has 2 saturated carbocycles. The molecule has 1 aromatic carbocycles. The first-order valence-corrected chi connectivity index (χ1v) is 10.4. The van der Waals surface area contributed by atoms with Crippen LogP contribution in [-0.4, -0.2) is 46.3 Å². The second-order valence-corrected chi connectivity index (χ2v) is 8.74. The van der Waals surface area contributed by atoms with Crippen LogP contribution >= 0.6 is 0 Å². The number of hydrogen-bond acceptors (Lipinski definition) is 5. The molecule has 8 nitrogen and oxygen atoms in total. The first-order chi connectivity index (χ1) is 15.2. The molecule has 1 aromatic heterocycles. The van der Waals surface area contributed by atoms with Gasteiger partial charge in [0.15, 0.2) is 11.4 Å². The van der Waals surface area contributed by atoms with E-state index in [9.17, 15) is 28.3 Å². The maximum absolute atomic E-state index is 13.9. The molecule has 0 saturated heterocycles. The Balaban J connectivity index is 1.51. The molecular formula is C22H22F2N4O4. The Morgan fingerprint density at radius 2 is 2.03 bits per heavy atom. The molecule has 5 rings (SSSR count). The Kier molecular flexibility index (Phi) is 4.34. The van der Waals surface area contributed by atoms with Gasteiger partial charge in [-0.05, 0) is 31.2 Å². The second-order valence-electron chi connectivity index (χ2n) is 8.74. The summed E-state index contributed by atoms with van der Waals surface area (Å²) in [5, 5.41) is 14.8. The lowest BCUT2D eigenvalue weighted by molar-refractivity contribution is 0.0328. The van der Waals surface area contributed by atoms with Crippen LogP contribution in [0.25, 0.3) is 0 Å². The van der Waals surface area contributed by atoms with E-state index in [2.05, 4.69) is 5.32 Å². The predicted octanol–water partition coefficient (Wildman–Crippen LogP) is 1.54. The molecule has 2 heterocycles. The number of carbonyl (C=O) groups is 2. The van der Waals surface area contributed by atoms with Gasteiger partial charge in [0.2, 0.25) is 5.43 Å². The van der Waals surface area contributed by atoms with Gasteiger partial charge in [-0.2, -0.15) is 0 Å². The Morgan fingerprint density at radius 3 is 2.66 bits per heavy atom. The summed E-state index contributed by atoms with van der Waals surface area (Å²) in [6, 6.07) is 2.96. The average Bonchev–Trinajstić information content (AvgIpc) is 3.45. The van der Waals surface area contributed by atoms with E-state index in [1.165, 1.54) is 16.9 Å². The van der Waals surface area contributed by atoms with E-state index in [4.69, 9.17) is 0 Å². The van der Waals surface area contributed by atoms with Crippen molar-refractivity contribution in [3.8, 4) is 5.75 Å².